The quantitative estimate of drug-likeness (QED) is 0.266. The lowest BCUT2D eigenvalue weighted by Gasteiger charge is -2.15. The fourth-order valence-electron chi connectivity index (χ4n) is 4.10. The highest BCUT2D eigenvalue weighted by atomic mass is 16.5. The van der Waals surface area contributed by atoms with E-state index in [4.69, 9.17) is 4.74 Å². The van der Waals surface area contributed by atoms with E-state index < -0.39 is 17.8 Å². The number of hydrogen-bond acceptors (Lipinski definition) is 6. The molecule has 0 atom stereocenters. The standard InChI is InChI=1S/C29H27N3O6/c1-17(2)16-32-28(36)23-12-11-20(14-24(23)29(32)37)27(35)31-25-10-5-4-7-21(25)15-30-26(34)19-8-6-9-22(13-19)38-18(3)33/h4-14,17H,15-16H2,1-3H3,(H,30,34)(H,31,35). The average Bonchev–Trinajstić information content (AvgIpc) is 3.11. The maximum absolute atomic E-state index is 13.0. The minimum Gasteiger partial charge on any atom is -0.427 e. The molecule has 3 aromatic carbocycles. The summed E-state index contributed by atoms with van der Waals surface area (Å²) in [7, 11) is 0. The van der Waals surface area contributed by atoms with Gasteiger partial charge in [-0.05, 0) is 53.9 Å². The Morgan fingerprint density at radius 2 is 1.55 bits per heavy atom. The summed E-state index contributed by atoms with van der Waals surface area (Å²) in [5, 5.41) is 5.62. The second-order valence-electron chi connectivity index (χ2n) is 9.29. The van der Waals surface area contributed by atoms with Crippen molar-refractivity contribution in [3.8, 4) is 5.75 Å². The largest absolute Gasteiger partial charge is 0.427 e. The second-order valence-corrected chi connectivity index (χ2v) is 9.29. The van der Waals surface area contributed by atoms with E-state index in [-0.39, 0.29) is 46.7 Å². The highest BCUT2D eigenvalue weighted by Crippen LogP contribution is 2.26. The number of benzene rings is 3. The highest BCUT2D eigenvalue weighted by molar-refractivity contribution is 6.22. The van der Waals surface area contributed by atoms with Gasteiger partial charge in [0.05, 0.1) is 11.1 Å². The number of para-hydroxylation sites is 1. The Labute approximate surface area is 219 Å². The molecule has 0 spiro atoms. The molecule has 0 aliphatic carbocycles. The van der Waals surface area contributed by atoms with Gasteiger partial charge in [0.25, 0.3) is 23.6 Å². The van der Waals surface area contributed by atoms with Gasteiger partial charge in [0, 0.05) is 36.8 Å². The van der Waals surface area contributed by atoms with E-state index in [1.54, 1.807) is 42.5 Å². The van der Waals surface area contributed by atoms with Crippen LogP contribution in [0.15, 0.2) is 66.7 Å². The van der Waals surface area contributed by atoms with Crippen LogP contribution in [0.25, 0.3) is 0 Å². The van der Waals surface area contributed by atoms with Gasteiger partial charge in [-0.1, -0.05) is 38.1 Å². The van der Waals surface area contributed by atoms with Crippen LogP contribution >= 0.6 is 0 Å². The Morgan fingerprint density at radius 3 is 2.29 bits per heavy atom. The normalized spacial score (nSPS) is 12.4. The number of carbonyl (C=O) groups is 5. The summed E-state index contributed by atoms with van der Waals surface area (Å²) in [5.74, 6) is -1.70. The smallest absolute Gasteiger partial charge is 0.308 e. The van der Waals surface area contributed by atoms with Crippen molar-refractivity contribution in [2.45, 2.75) is 27.3 Å². The molecule has 0 saturated heterocycles. The third-order valence-corrected chi connectivity index (χ3v) is 5.84. The number of carbonyl (C=O) groups excluding carboxylic acids is 5. The van der Waals surface area contributed by atoms with Crippen LogP contribution in [0.3, 0.4) is 0 Å². The molecule has 0 saturated carbocycles. The number of fused-ring (bicyclic) bond motifs is 1. The number of amides is 4. The summed E-state index contributed by atoms with van der Waals surface area (Å²) in [5.41, 5.74) is 2.18. The van der Waals surface area contributed by atoms with Crippen LogP contribution in [-0.2, 0) is 11.3 Å². The molecule has 2 N–H and O–H groups in total. The molecular weight excluding hydrogens is 486 g/mol. The van der Waals surface area contributed by atoms with Gasteiger partial charge in [0.1, 0.15) is 5.75 Å². The number of anilines is 1. The molecule has 0 radical (unpaired) electrons. The molecule has 1 heterocycles. The first-order chi connectivity index (χ1) is 18.1. The predicted molar refractivity (Wildman–Crippen MR) is 140 cm³/mol. The minimum atomic E-state index is -0.487. The van der Waals surface area contributed by atoms with Crippen molar-refractivity contribution in [1.29, 1.82) is 0 Å². The molecule has 194 valence electrons. The Bertz CT molecular complexity index is 1450. The van der Waals surface area contributed by atoms with Crippen LogP contribution in [-0.4, -0.2) is 41.0 Å². The number of ether oxygens (including phenoxy) is 1. The van der Waals surface area contributed by atoms with Crippen molar-refractivity contribution >= 4 is 35.3 Å². The number of hydrogen-bond donors (Lipinski definition) is 2. The van der Waals surface area contributed by atoms with Crippen molar-refractivity contribution in [1.82, 2.24) is 10.2 Å². The van der Waals surface area contributed by atoms with Gasteiger partial charge < -0.3 is 15.4 Å². The van der Waals surface area contributed by atoms with Crippen molar-refractivity contribution in [3.63, 3.8) is 0 Å². The van der Waals surface area contributed by atoms with Gasteiger partial charge in [-0.3, -0.25) is 28.9 Å². The summed E-state index contributed by atoms with van der Waals surface area (Å²) < 4.78 is 5.03. The van der Waals surface area contributed by atoms with Crippen LogP contribution < -0.4 is 15.4 Å². The van der Waals surface area contributed by atoms with Crippen LogP contribution in [0.4, 0.5) is 5.69 Å². The molecule has 9 heteroatoms. The van der Waals surface area contributed by atoms with Gasteiger partial charge in [-0.15, -0.1) is 0 Å². The zero-order valence-electron chi connectivity index (χ0n) is 21.2. The van der Waals surface area contributed by atoms with Gasteiger partial charge in [0.2, 0.25) is 0 Å². The van der Waals surface area contributed by atoms with Crippen molar-refractivity contribution in [2.75, 3.05) is 11.9 Å². The molecular formula is C29H27N3O6. The molecule has 3 aromatic rings. The monoisotopic (exact) mass is 513 g/mol. The second kappa shape index (κ2) is 11.1. The number of nitrogens with one attached hydrogen (secondary N) is 2. The Hall–Kier alpha value is -4.79. The van der Waals surface area contributed by atoms with Gasteiger partial charge in [-0.25, -0.2) is 0 Å². The molecule has 1 aliphatic heterocycles. The summed E-state index contributed by atoms with van der Waals surface area (Å²) in [6.07, 6.45) is 0. The molecule has 4 rings (SSSR count). The lowest BCUT2D eigenvalue weighted by atomic mass is 10.0. The van der Waals surface area contributed by atoms with Crippen LogP contribution in [0, 0.1) is 5.92 Å². The molecule has 0 unspecified atom stereocenters. The Morgan fingerprint density at radius 1 is 0.842 bits per heavy atom. The van der Waals surface area contributed by atoms with E-state index in [1.807, 2.05) is 13.8 Å². The van der Waals surface area contributed by atoms with E-state index in [9.17, 15) is 24.0 Å². The maximum Gasteiger partial charge on any atom is 0.308 e. The summed E-state index contributed by atoms with van der Waals surface area (Å²) in [4.78, 5) is 63.5. The molecule has 0 fully saturated rings. The van der Waals surface area contributed by atoms with E-state index in [0.29, 0.717) is 23.4 Å². The maximum atomic E-state index is 13.0. The first-order valence-electron chi connectivity index (χ1n) is 12.1. The fraction of sp³-hybridized carbons (Fsp3) is 0.207. The molecule has 0 aromatic heterocycles. The Kier molecular flexibility index (Phi) is 7.66. The first-order valence-corrected chi connectivity index (χ1v) is 12.1. The Balaban J connectivity index is 1.46. The number of esters is 1. The zero-order chi connectivity index (χ0) is 27.4. The van der Waals surface area contributed by atoms with Crippen molar-refractivity contribution in [2.24, 2.45) is 5.92 Å². The minimum absolute atomic E-state index is 0.119. The van der Waals surface area contributed by atoms with Crippen molar-refractivity contribution < 1.29 is 28.7 Å². The van der Waals surface area contributed by atoms with Crippen LogP contribution in [0.2, 0.25) is 0 Å². The van der Waals surface area contributed by atoms with E-state index in [0.717, 1.165) is 0 Å². The topological polar surface area (TPSA) is 122 Å². The predicted octanol–water partition coefficient (Wildman–Crippen LogP) is 4.05. The van der Waals surface area contributed by atoms with E-state index in [2.05, 4.69) is 10.6 Å². The lowest BCUT2D eigenvalue weighted by Crippen LogP contribution is -2.33. The average molecular weight is 514 g/mol. The van der Waals surface area contributed by atoms with E-state index >= 15 is 0 Å². The highest BCUT2D eigenvalue weighted by Gasteiger charge is 2.36. The molecule has 4 amide bonds. The third-order valence-electron chi connectivity index (χ3n) is 5.84. The van der Waals surface area contributed by atoms with Crippen LogP contribution in [0.1, 0.15) is 67.8 Å². The van der Waals surface area contributed by atoms with Gasteiger partial charge in [0.15, 0.2) is 0 Å². The molecule has 38 heavy (non-hydrogen) atoms. The summed E-state index contributed by atoms with van der Waals surface area (Å²) in [6, 6.07) is 17.7. The summed E-state index contributed by atoms with van der Waals surface area (Å²) in [6.45, 7) is 5.54. The van der Waals surface area contributed by atoms with Crippen molar-refractivity contribution in [3.05, 3.63) is 94.5 Å². The lowest BCUT2D eigenvalue weighted by molar-refractivity contribution is -0.131. The first kappa shape index (κ1) is 26.3. The SMILES string of the molecule is CC(=O)Oc1cccc(C(=O)NCc2ccccc2NC(=O)c2ccc3c(c2)C(=O)N(CC(C)C)C3=O)c1. The molecule has 9 nitrogen and oxygen atoms in total. The zero-order valence-corrected chi connectivity index (χ0v) is 21.2. The van der Waals surface area contributed by atoms with E-state index in [1.165, 1.54) is 36.1 Å². The molecule has 1 aliphatic rings. The summed E-state index contributed by atoms with van der Waals surface area (Å²) >= 11 is 0. The van der Waals surface area contributed by atoms with Gasteiger partial charge >= 0.3 is 5.97 Å². The fourth-order valence-corrected chi connectivity index (χ4v) is 4.10. The number of nitrogens with zero attached hydrogens (tertiary/aromatic N) is 1. The van der Waals surface area contributed by atoms with Gasteiger partial charge in [-0.2, -0.15) is 0 Å². The number of rotatable bonds is 8. The number of imide groups is 1. The molecule has 0 bridgehead atoms. The third kappa shape index (κ3) is 5.78. The van der Waals surface area contributed by atoms with Crippen LogP contribution in [0.5, 0.6) is 5.75 Å².